The fourth-order valence-corrected chi connectivity index (χ4v) is 2.61. The van der Waals surface area contributed by atoms with E-state index in [1.54, 1.807) is 4.90 Å². The number of carbonyl (C=O) groups excluding carboxylic acids is 1. The molecule has 1 aliphatic heterocycles. The van der Waals surface area contributed by atoms with Crippen LogP contribution in [0.1, 0.15) is 45.7 Å². The first-order valence-electron chi connectivity index (χ1n) is 8.52. The van der Waals surface area contributed by atoms with Crippen LogP contribution < -0.4 is 5.32 Å². The zero-order valence-corrected chi connectivity index (χ0v) is 15.1. The summed E-state index contributed by atoms with van der Waals surface area (Å²) in [6.07, 6.45) is 0.912. The minimum Gasteiger partial charge on any atom is -0.444 e. The summed E-state index contributed by atoms with van der Waals surface area (Å²) >= 11 is 0. The Balaban J connectivity index is 1.69. The second-order valence-electron chi connectivity index (χ2n) is 7.88. The summed E-state index contributed by atoms with van der Waals surface area (Å²) in [7, 11) is 0. The van der Waals surface area contributed by atoms with Crippen LogP contribution in [0.15, 0.2) is 24.3 Å². The van der Waals surface area contributed by atoms with E-state index in [0.29, 0.717) is 12.0 Å². The van der Waals surface area contributed by atoms with Gasteiger partial charge in [-0.1, -0.05) is 38.1 Å². The molecule has 0 saturated carbocycles. The van der Waals surface area contributed by atoms with Crippen molar-refractivity contribution < 1.29 is 9.53 Å². The maximum Gasteiger partial charge on any atom is 0.410 e. The van der Waals surface area contributed by atoms with E-state index >= 15 is 0 Å². The highest BCUT2D eigenvalue weighted by molar-refractivity contribution is 5.69. The Bertz CT molecular complexity index is 511. The third-order valence-electron chi connectivity index (χ3n) is 3.80. The van der Waals surface area contributed by atoms with Gasteiger partial charge in [-0.3, -0.25) is 0 Å². The van der Waals surface area contributed by atoms with Gasteiger partial charge in [0.2, 0.25) is 0 Å². The molecule has 1 N–H and O–H groups in total. The van der Waals surface area contributed by atoms with Gasteiger partial charge in [-0.05, 0) is 44.2 Å². The first-order valence-corrected chi connectivity index (χ1v) is 8.52. The normalized spacial score (nSPS) is 15.7. The van der Waals surface area contributed by atoms with Crippen LogP contribution in [0.3, 0.4) is 0 Å². The van der Waals surface area contributed by atoms with Gasteiger partial charge in [-0.2, -0.15) is 0 Å². The van der Waals surface area contributed by atoms with E-state index in [2.05, 4.69) is 43.4 Å². The molecule has 2 rings (SSSR count). The van der Waals surface area contributed by atoms with E-state index in [1.165, 1.54) is 11.1 Å². The molecule has 1 aromatic rings. The number of hydrogen-bond donors (Lipinski definition) is 1. The maximum absolute atomic E-state index is 11.9. The van der Waals surface area contributed by atoms with E-state index in [0.717, 1.165) is 26.1 Å². The van der Waals surface area contributed by atoms with Crippen molar-refractivity contribution >= 4 is 6.09 Å². The number of ether oxygens (including phenoxy) is 1. The van der Waals surface area contributed by atoms with Crippen molar-refractivity contribution in [1.29, 1.82) is 0 Å². The average molecular weight is 318 g/mol. The minimum absolute atomic E-state index is 0.214. The third kappa shape index (κ3) is 5.87. The lowest BCUT2D eigenvalue weighted by atomic mass is 10.0. The molecular formula is C19H30N2O2. The van der Waals surface area contributed by atoms with Crippen molar-refractivity contribution in [2.24, 2.45) is 5.92 Å². The number of nitrogens with zero attached hydrogens (tertiary/aromatic N) is 1. The molecule has 1 heterocycles. The Morgan fingerprint density at radius 3 is 2.30 bits per heavy atom. The Hall–Kier alpha value is -1.55. The molecule has 1 fully saturated rings. The maximum atomic E-state index is 11.9. The highest BCUT2D eigenvalue weighted by Gasteiger charge is 2.33. The summed E-state index contributed by atoms with van der Waals surface area (Å²) in [6, 6.07) is 9.16. The number of amides is 1. The highest BCUT2D eigenvalue weighted by atomic mass is 16.6. The molecule has 0 unspecified atom stereocenters. The lowest BCUT2D eigenvalue weighted by molar-refractivity contribution is 0.00519. The summed E-state index contributed by atoms with van der Waals surface area (Å²) in [5.74, 6) is 0.688. The summed E-state index contributed by atoms with van der Waals surface area (Å²) in [6.45, 7) is 12.4. The van der Waals surface area contributed by atoms with Crippen LogP contribution in [0.25, 0.3) is 0 Å². The van der Waals surface area contributed by atoms with Crippen LogP contribution >= 0.6 is 0 Å². The van der Waals surface area contributed by atoms with E-state index in [-0.39, 0.29) is 6.09 Å². The van der Waals surface area contributed by atoms with E-state index in [4.69, 9.17) is 4.74 Å². The van der Waals surface area contributed by atoms with Gasteiger partial charge in [0, 0.05) is 25.7 Å². The molecule has 0 aliphatic carbocycles. The molecule has 0 aromatic heterocycles. The fourth-order valence-electron chi connectivity index (χ4n) is 2.61. The smallest absolute Gasteiger partial charge is 0.410 e. The van der Waals surface area contributed by atoms with Gasteiger partial charge >= 0.3 is 6.09 Å². The molecule has 1 saturated heterocycles. The lowest BCUT2D eigenvalue weighted by Crippen LogP contribution is -2.60. The van der Waals surface area contributed by atoms with Crippen molar-refractivity contribution in [2.45, 2.75) is 59.2 Å². The van der Waals surface area contributed by atoms with Crippen LogP contribution in [0.2, 0.25) is 0 Å². The predicted molar refractivity (Wildman–Crippen MR) is 93.4 cm³/mol. The van der Waals surface area contributed by atoms with Crippen LogP contribution in [-0.4, -0.2) is 35.7 Å². The number of nitrogens with one attached hydrogen (secondary N) is 1. The minimum atomic E-state index is -0.423. The van der Waals surface area contributed by atoms with Crippen LogP contribution in [-0.2, 0) is 17.7 Å². The van der Waals surface area contributed by atoms with Crippen LogP contribution in [0.4, 0.5) is 4.79 Å². The van der Waals surface area contributed by atoms with Crippen LogP contribution in [0, 0.1) is 5.92 Å². The molecular weight excluding hydrogens is 288 g/mol. The Morgan fingerprint density at radius 1 is 1.22 bits per heavy atom. The Morgan fingerprint density at radius 2 is 1.78 bits per heavy atom. The standard InChI is InChI=1S/C19H30N2O2/c1-14(2)10-15-6-8-16(9-7-15)11-20-17-12-21(13-17)18(22)23-19(3,4)5/h6-9,14,17,20H,10-13H2,1-5H3. The van der Waals surface area contributed by atoms with Gasteiger partial charge in [0.15, 0.2) is 0 Å². The topological polar surface area (TPSA) is 41.6 Å². The van der Waals surface area contributed by atoms with E-state index < -0.39 is 5.60 Å². The lowest BCUT2D eigenvalue weighted by Gasteiger charge is -2.40. The highest BCUT2D eigenvalue weighted by Crippen LogP contribution is 2.16. The zero-order valence-electron chi connectivity index (χ0n) is 15.1. The van der Waals surface area contributed by atoms with Crippen LogP contribution in [0.5, 0.6) is 0 Å². The average Bonchev–Trinajstić information content (AvgIpc) is 2.36. The van der Waals surface area contributed by atoms with Crippen molar-refractivity contribution in [3.05, 3.63) is 35.4 Å². The molecule has 1 aromatic carbocycles. The van der Waals surface area contributed by atoms with Gasteiger partial charge < -0.3 is 15.0 Å². The predicted octanol–water partition coefficient (Wildman–Crippen LogP) is 3.59. The van der Waals surface area contributed by atoms with Gasteiger partial charge in [0.1, 0.15) is 5.60 Å². The third-order valence-corrected chi connectivity index (χ3v) is 3.80. The first kappa shape index (κ1) is 17.8. The quantitative estimate of drug-likeness (QED) is 0.902. The number of likely N-dealkylation sites (tertiary alicyclic amines) is 1. The van der Waals surface area contributed by atoms with E-state index in [1.807, 2.05) is 20.8 Å². The first-order chi connectivity index (χ1) is 10.7. The number of carbonyl (C=O) groups is 1. The molecule has 0 atom stereocenters. The molecule has 1 amide bonds. The second kappa shape index (κ2) is 7.35. The molecule has 0 spiro atoms. The van der Waals surface area contributed by atoms with Crippen molar-refractivity contribution in [2.75, 3.05) is 13.1 Å². The van der Waals surface area contributed by atoms with Gasteiger partial charge in [-0.15, -0.1) is 0 Å². The molecule has 23 heavy (non-hydrogen) atoms. The number of hydrogen-bond acceptors (Lipinski definition) is 3. The van der Waals surface area contributed by atoms with Crippen molar-refractivity contribution in [3.8, 4) is 0 Å². The second-order valence-corrected chi connectivity index (χ2v) is 7.88. The SMILES string of the molecule is CC(C)Cc1ccc(CNC2CN(C(=O)OC(C)(C)C)C2)cc1. The van der Waals surface area contributed by atoms with Crippen molar-refractivity contribution in [1.82, 2.24) is 10.2 Å². The monoisotopic (exact) mass is 318 g/mol. The summed E-state index contributed by atoms with van der Waals surface area (Å²) in [5.41, 5.74) is 2.25. The van der Waals surface area contributed by atoms with Gasteiger partial charge in [0.25, 0.3) is 0 Å². The zero-order chi connectivity index (χ0) is 17.0. The number of benzene rings is 1. The Labute approximate surface area is 140 Å². The largest absolute Gasteiger partial charge is 0.444 e. The summed E-state index contributed by atoms with van der Waals surface area (Å²) in [4.78, 5) is 13.6. The molecule has 4 heteroatoms. The Kier molecular flexibility index (Phi) is 5.69. The molecule has 1 aliphatic rings. The fraction of sp³-hybridized carbons (Fsp3) is 0.632. The number of rotatable bonds is 5. The van der Waals surface area contributed by atoms with Gasteiger partial charge in [0.05, 0.1) is 0 Å². The van der Waals surface area contributed by atoms with Gasteiger partial charge in [-0.25, -0.2) is 4.79 Å². The summed E-state index contributed by atoms with van der Waals surface area (Å²) in [5, 5.41) is 3.49. The van der Waals surface area contributed by atoms with E-state index in [9.17, 15) is 4.79 Å². The molecule has 4 nitrogen and oxygen atoms in total. The molecule has 128 valence electrons. The summed E-state index contributed by atoms with van der Waals surface area (Å²) < 4.78 is 5.36. The molecule has 0 radical (unpaired) electrons. The van der Waals surface area contributed by atoms with Crippen molar-refractivity contribution in [3.63, 3.8) is 0 Å². The molecule has 0 bridgehead atoms.